The van der Waals surface area contributed by atoms with Crippen molar-refractivity contribution in [3.8, 4) is 11.1 Å². The highest BCUT2D eigenvalue weighted by Crippen LogP contribution is 2.25. The minimum absolute atomic E-state index is 0.0948. The normalized spacial score (nSPS) is 18.5. The van der Waals surface area contributed by atoms with Crippen LogP contribution in [0.15, 0.2) is 53.7 Å². The molecule has 0 atom stereocenters. The Hall–Kier alpha value is -4.01. The third-order valence-corrected chi connectivity index (χ3v) is 6.33. The maximum Gasteiger partial charge on any atom is 0.306 e. The summed E-state index contributed by atoms with van der Waals surface area (Å²) in [6, 6.07) is 8.66. The van der Waals surface area contributed by atoms with E-state index in [0.717, 1.165) is 11.1 Å². The predicted molar refractivity (Wildman–Crippen MR) is 122 cm³/mol. The van der Waals surface area contributed by atoms with Crippen LogP contribution in [0.1, 0.15) is 36.0 Å². The number of aromatic nitrogens is 4. The maximum atomic E-state index is 13.3. The molecule has 0 unspecified atom stereocenters. The largest absolute Gasteiger partial charge is 0.481 e. The van der Waals surface area contributed by atoms with Crippen LogP contribution >= 0.6 is 0 Å². The first kappa shape index (κ1) is 20.9. The van der Waals surface area contributed by atoms with Crippen LogP contribution in [0.3, 0.4) is 0 Å². The molecule has 5 rings (SSSR count). The van der Waals surface area contributed by atoms with Crippen molar-refractivity contribution in [2.45, 2.75) is 31.7 Å². The molecule has 4 aromatic rings. The zero-order valence-corrected chi connectivity index (χ0v) is 18.1. The number of pyridine rings is 1. The molecule has 9 heteroatoms. The lowest BCUT2D eigenvalue weighted by Crippen LogP contribution is -2.39. The van der Waals surface area contributed by atoms with Crippen LogP contribution in [0.5, 0.6) is 0 Å². The monoisotopic (exact) mass is 445 g/mol. The molecule has 9 nitrogen and oxygen atoms in total. The zero-order chi connectivity index (χ0) is 23.1. The minimum atomic E-state index is -0.782. The molecular weight excluding hydrogens is 422 g/mol. The number of carboxylic acids is 1. The van der Waals surface area contributed by atoms with E-state index in [1.54, 1.807) is 41.3 Å². The number of benzene rings is 1. The molecule has 0 saturated heterocycles. The van der Waals surface area contributed by atoms with Crippen LogP contribution in [0, 0.1) is 5.92 Å². The highest BCUT2D eigenvalue weighted by atomic mass is 16.4. The second-order valence-corrected chi connectivity index (χ2v) is 8.53. The van der Waals surface area contributed by atoms with Crippen molar-refractivity contribution in [3.05, 3.63) is 64.8 Å². The van der Waals surface area contributed by atoms with Gasteiger partial charge in [0.25, 0.3) is 11.5 Å². The molecule has 1 saturated carbocycles. The van der Waals surface area contributed by atoms with E-state index < -0.39 is 5.97 Å². The van der Waals surface area contributed by atoms with E-state index in [-0.39, 0.29) is 23.4 Å². The molecule has 3 heterocycles. The van der Waals surface area contributed by atoms with E-state index >= 15 is 0 Å². The Morgan fingerprint density at radius 2 is 1.91 bits per heavy atom. The molecule has 1 aromatic carbocycles. The molecular formula is C24H23N5O4. The minimum Gasteiger partial charge on any atom is -0.481 e. The van der Waals surface area contributed by atoms with Crippen molar-refractivity contribution >= 4 is 28.4 Å². The number of fused-ring (bicyclic) bond motifs is 2. The van der Waals surface area contributed by atoms with Gasteiger partial charge in [-0.05, 0) is 55.5 Å². The average molecular weight is 445 g/mol. The highest BCUT2D eigenvalue weighted by Gasteiger charge is 2.27. The molecule has 2 N–H and O–H groups in total. The fraction of sp³-hybridized carbons (Fsp3) is 0.292. The molecule has 1 amide bonds. The Labute approximate surface area is 188 Å². The third kappa shape index (κ3) is 3.86. The van der Waals surface area contributed by atoms with Crippen molar-refractivity contribution in [3.63, 3.8) is 0 Å². The summed E-state index contributed by atoms with van der Waals surface area (Å²) >= 11 is 0. The van der Waals surface area contributed by atoms with Crippen molar-refractivity contribution in [1.82, 2.24) is 24.5 Å². The van der Waals surface area contributed by atoms with Gasteiger partial charge in [0.2, 0.25) is 0 Å². The summed E-state index contributed by atoms with van der Waals surface area (Å²) in [6.07, 6.45) is 7.52. The summed E-state index contributed by atoms with van der Waals surface area (Å²) in [6.45, 7) is 0. The van der Waals surface area contributed by atoms with Crippen LogP contribution in [0.2, 0.25) is 0 Å². The third-order valence-electron chi connectivity index (χ3n) is 6.33. The first-order valence-corrected chi connectivity index (χ1v) is 10.9. The van der Waals surface area contributed by atoms with Gasteiger partial charge in [0.15, 0.2) is 5.65 Å². The zero-order valence-electron chi connectivity index (χ0n) is 18.1. The number of nitrogens with one attached hydrogen (secondary N) is 1. The van der Waals surface area contributed by atoms with Gasteiger partial charge in [0, 0.05) is 31.0 Å². The Bertz CT molecular complexity index is 1450. The summed E-state index contributed by atoms with van der Waals surface area (Å²) in [5, 5.41) is 16.8. The lowest BCUT2D eigenvalue weighted by atomic mass is 9.86. The standard InChI is InChI=1S/C24H23N5O4/c1-28-13-16(12-25-28)15-6-9-20-19(11-15)23(31)29-10-2-3-18(21(29)27-20)22(30)26-17-7-4-14(5-8-17)24(32)33/h2-3,6,9-14,17H,4-5,7-8H2,1H3,(H,26,30)(H,32,33)/t14-,17+. The van der Waals surface area contributed by atoms with Crippen molar-refractivity contribution < 1.29 is 14.7 Å². The van der Waals surface area contributed by atoms with E-state index in [2.05, 4.69) is 15.4 Å². The quantitative estimate of drug-likeness (QED) is 0.466. The molecule has 0 radical (unpaired) electrons. The van der Waals surface area contributed by atoms with Gasteiger partial charge in [-0.25, -0.2) is 4.98 Å². The maximum absolute atomic E-state index is 13.3. The number of rotatable bonds is 4. The number of amides is 1. The summed E-state index contributed by atoms with van der Waals surface area (Å²) in [5.41, 5.74) is 2.62. The number of nitrogens with zero attached hydrogens (tertiary/aromatic N) is 4. The lowest BCUT2D eigenvalue weighted by molar-refractivity contribution is -0.142. The van der Waals surface area contributed by atoms with Crippen LogP contribution in [0.25, 0.3) is 27.7 Å². The SMILES string of the molecule is Cn1cc(-c2ccc3nc4c(C(=O)N[C@H]5CC[C@@H](C(=O)O)CC5)cccn4c(=O)c3c2)cn1. The number of aryl methyl sites for hydroxylation is 1. The number of carbonyl (C=O) groups excluding carboxylic acids is 1. The number of hydrogen-bond acceptors (Lipinski definition) is 5. The number of carboxylic acid groups (broad SMARTS) is 1. The van der Waals surface area contributed by atoms with Gasteiger partial charge in [-0.3, -0.25) is 23.5 Å². The van der Waals surface area contributed by atoms with Crippen molar-refractivity contribution in [2.24, 2.45) is 13.0 Å². The summed E-state index contributed by atoms with van der Waals surface area (Å²) in [5.74, 6) is -1.44. The Morgan fingerprint density at radius 3 is 2.61 bits per heavy atom. The average Bonchev–Trinajstić information content (AvgIpc) is 3.25. The Balaban J connectivity index is 1.48. The molecule has 1 aliphatic carbocycles. The first-order chi connectivity index (χ1) is 15.9. The first-order valence-electron chi connectivity index (χ1n) is 10.9. The smallest absolute Gasteiger partial charge is 0.306 e. The van der Waals surface area contributed by atoms with Gasteiger partial charge in [0.05, 0.1) is 28.6 Å². The highest BCUT2D eigenvalue weighted by molar-refractivity contribution is 6.01. The second kappa shape index (κ2) is 8.16. The fourth-order valence-electron chi connectivity index (χ4n) is 4.50. The van der Waals surface area contributed by atoms with Gasteiger partial charge < -0.3 is 10.4 Å². The molecule has 0 spiro atoms. The van der Waals surface area contributed by atoms with Gasteiger partial charge >= 0.3 is 5.97 Å². The van der Waals surface area contributed by atoms with Crippen LogP contribution < -0.4 is 10.9 Å². The lowest BCUT2D eigenvalue weighted by Gasteiger charge is -2.26. The van der Waals surface area contributed by atoms with Crippen molar-refractivity contribution in [1.29, 1.82) is 0 Å². The van der Waals surface area contributed by atoms with Gasteiger partial charge in [-0.1, -0.05) is 6.07 Å². The molecule has 0 bridgehead atoms. The predicted octanol–water partition coefficient (Wildman–Crippen LogP) is 2.62. The van der Waals surface area contributed by atoms with Gasteiger partial charge in [-0.2, -0.15) is 5.10 Å². The molecule has 1 fully saturated rings. The molecule has 3 aromatic heterocycles. The molecule has 168 valence electrons. The van der Waals surface area contributed by atoms with Crippen molar-refractivity contribution in [2.75, 3.05) is 0 Å². The Morgan fingerprint density at radius 1 is 1.12 bits per heavy atom. The fourth-order valence-corrected chi connectivity index (χ4v) is 4.50. The van der Waals surface area contributed by atoms with E-state index in [1.165, 1.54) is 4.40 Å². The number of hydrogen-bond donors (Lipinski definition) is 2. The van der Waals surface area contributed by atoms with E-state index in [9.17, 15) is 14.4 Å². The molecule has 33 heavy (non-hydrogen) atoms. The topological polar surface area (TPSA) is 119 Å². The Kier molecular flexibility index (Phi) is 5.16. The van der Waals surface area contributed by atoms with Crippen LogP contribution in [-0.4, -0.2) is 42.2 Å². The van der Waals surface area contributed by atoms with E-state index in [1.807, 2.05) is 19.3 Å². The summed E-state index contributed by atoms with van der Waals surface area (Å²) < 4.78 is 3.09. The van der Waals surface area contributed by atoms with E-state index in [0.29, 0.717) is 47.8 Å². The van der Waals surface area contributed by atoms with Crippen LogP contribution in [-0.2, 0) is 11.8 Å². The summed E-state index contributed by atoms with van der Waals surface area (Å²) in [7, 11) is 1.83. The number of carbonyl (C=O) groups is 2. The molecule has 0 aliphatic heterocycles. The summed E-state index contributed by atoms with van der Waals surface area (Å²) in [4.78, 5) is 42.1. The second-order valence-electron chi connectivity index (χ2n) is 8.53. The van der Waals surface area contributed by atoms with Gasteiger partial charge in [0.1, 0.15) is 0 Å². The van der Waals surface area contributed by atoms with Crippen LogP contribution in [0.4, 0.5) is 0 Å². The number of aliphatic carboxylic acids is 1. The van der Waals surface area contributed by atoms with E-state index in [4.69, 9.17) is 5.11 Å². The van der Waals surface area contributed by atoms with Gasteiger partial charge in [-0.15, -0.1) is 0 Å². The molecule has 1 aliphatic rings.